The van der Waals surface area contributed by atoms with E-state index in [1.165, 1.54) is 6.42 Å². The molecule has 2 atom stereocenters. The summed E-state index contributed by atoms with van der Waals surface area (Å²) in [6.07, 6.45) is 3.95. The number of nitrogens with one attached hydrogen (secondary N) is 1. The van der Waals surface area contributed by atoms with Crippen LogP contribution in [0, 0.1) is 11.6 Å². The second-order valence-corrected chi connectivity index (χ2v) is 4.61. The van der Waals surface area contributed by atoms with Crippen LogP contribution < -0.4 is 5.32 Å². The van der Waals surface area contributed by atoms with Gasteiger partial charge in [-0.2, -0.15) is 0 Å². The van der Waals surface area contributed by atoms with Crippen LogP contribution in [0.2, 0.25) is 0 Å². The minimum atomic E-state index is -0.749. The molecule has 1 aliphatic heterocycles. The average Bonchev–Trinajstić information content (AvgIpc) is 2.25. The van der Waals surface area contributed by atoms with Crippen molar-refractivity contribution in [1.82, 2.24) is 5.32 Å². The molecule has 0 aliphatic carbocycles. The molecule has 2 rings (SSSR count). The monoisotopic (exact) mass is 225 g/mol. The van der Waals surface area contributed by atoms with Crippen molar-refractivity contribution in [3.05, 3.63) is 35.4 Å². The van der Waals surface area contributed by atoms with Gasteiger partial charge in [-0.3, -0.25) is 0 Å². The maximum atomic E-state index is 13.5. The van der Waals surface area contributed by atoms with Gasteiger partial charge in [0.25, 0.3) is 0 Å². The molecule has 0 spiro atoms. The van der Waals surface area contributed by atoms with E-state index in [1.807, 2.05) is 0 Å². The number of piperidine rings is 1. The molecule has 1 fully saturated rings. The quantitative estimate of drug-likeness (QED) is 0.815. The van der Waals surface area contributed by atoms with Gasteiger partial charge in [0.15, 0.2) is 11.6 Å². The smallest absolute Gasteiger partial charge is 0.162 e. The van der Waals surface area contributed by atoms with E-state index in [-0.39, 0.29) is 6.04 Å². The van der Waals surface area contributed by atoms with E-state index in [4.69, 9.17) is 0 Å². The van der Waals surface area contributed by atoms with E-state index in [0.717, 1.165) is 18.9 Å². The predicted octanol–water partition coefficient (Wildman–Crippen LogP) is 3.04. The minimum absolute atomic E-state index is 0.278. The molecule has 1 heterocycles. The van der Waals surface area contributed by atoms with Crippen molar-refractivity contribution in [2.45, 2.75) is 44.7 Å². The van der Waals surface area contributed by atoms with E-state index in [0.29, 0.717) is 18.0 Å². The van der Waals surface area contributed by atoms with E-state index >= 15 is 0 Å². The first-order valence-corrected chi connectivity index (χ1v) is 5.85. The highest BCUT2D eigenvalue weighted by molar-refractivity contribution is 5.20. The van der Waals surface area contributed by atoms with E-state index in [9.17, 15) is 8.78 Å². The fraction of sp³-hybridized carbons (Fsp3) is 0.538. The van der Waals surface area contributed by atoms with Crippen LogP contribution in [0.1, 0.15) is 31.7 Å². The van der Waals surface area contributed by atoms with Crippen molar-refractivity contribution in [3.8, 4) is 0 Å². The lowest BCUT2D eigenvalue weighted by Crippen LogP contribution is -2.41. The number of hydrogen-bond acceptors (Lipinski definition) is 1. The molecule has 0 radical (unpaired) electrons. The van der Waals surface area contributed by atoms with Gasteiger partial charge in [-0.25, -0.2) is 8.78 Å². The van der Waals surface area contributed by atoms with Crippen molar-refractivity contribution < 1.29 is 8.78 Å². The molecular weight excluding hydrogens is 208 g/mol. The third-order valence-corrected chi connectivity index (χ3v) is 3.21. The van der Waals surface area contributed by atoms with Gasteiger partial charge in [0.05, 0.1) is 0 Å². The van der Waals surface area contributed by atoms with Gasteiger partial charge in [0.1, 0.15) is 0 Å². The highest BCUT2D eigenvalue weighted by Gasteiger charge is 2.19. The van der Waals surface area contributed by atoms with Gasteiger partial charge in [-0.1, -0.05) is 18.6 Å². The highest BCUT2D eigenvalue weighted by atomic mass is 19.2. The van der Waals surface area contributed by atoms with Crippen LogP contribution in [-0.2, 0) is 6.42 Å². The fourth-order valence-corrected chi connectivity index (χ4v) is 2.37. The molecule has 88 valence electrons. The normalized spacial score (nSPS) is 25.7. The summed E-state index contributed by atoms with van der Waals surface area (Å²) in [4.78, 5) is 0. The Morgan fingerprint density at radius 1 is 1.31 bits per heavy atom. The molecule has 0 saturated carbocycles. The van der Waals surface area contributed by atoms with Gasteiger partial charge in [-0.05, 0) is 37.8 Å². The van der Waals surface area contributed by atoms with E-state index in [2.05, 4.69) is 12.2 Å². The lowest BCUT2D eigenvalue weighted by molar-refractivity contribution is 0.330. The Hall–Kier alpha value is -0.960. The summed E-state index contributed by atoms with van der Waals surface area (Å²) in [6.45, 7) is 2.13. The van der Waals surface area contributed by atoms with Crippen LogP contribution in [-0.4, -0.2) is 12.1 Å². The first kappa shape index (κ1) is 11.5. The Labute approximate surface area is 94.9 Å². The van der Waals surface area contributed by atoms with Crippen LogP contribution in [0.25, 0.3) is 0 Å². The first-order chi connectivity index (χ1) is 7.66. The average molecular weight is 225 g/mol. The Morgan fingerprint density at radius 3 is 2.88 bits per heavy atom. The number of hydrogen-bond donors (Lipinski definition) is 1. The fourth-order valence-electron chi connectivity index (χ4n) is 2.37. The third-order valence-electron chi connectivity index (χ3n) is 3.21. The van der Waals surface area contributed by atoms with E-state index < -0.39 is 11.6 Å². The zero-order chi connectivity index (χ0) is 11.5. The summed E-state index contributed by atoms with van der Waals surface area (Å²) in [5, 5.41) is 3.42. The van der Waals surface area contributed by atoms with Gasteiger partial charge < -0.3 is 5.32 Å². The Bertz CT molecular complexity index is 365. The Morgan fingerprint density at radius 2 is 2.12 bits per heavy atom. The largest absolute Gasteiger partial charge is 0.311 e. The second kappa shape index (κ2) is 4.91. The Balaban J connectivity index is 2.05. The number of rotatable bonds is 2. The molecule has 16 heavy (non-hydrogen) atoms. The van der Waals surface area contributed by atoms with Crippen LogP contribution in [0.5, 0.6) is 0 Å². The molecule has 1 aromatic carbocycles. The first-order valence-electron chi connectivity index (χ1n) is 5.85. The van der Waals surface area contributed by atoms with Gasteiger partial charge in [-0.15, -0.1) is 0 Å². The summed E-state index contributed by atoms with van der Waals surface area (Å²) in [7, 11) is 0. The van der Waals surface area contributed by atoms with Gasteiger partial charge >= 0.3 is 0 Å². The number of halogens is 2. The van der Waals surface area contributed by atoms with Crippen molar-refractivity contribution in [1.29, 1.82) is 0 Å². The molecule has 0 amide bonds. The summed E-state index contributed by atoms with van der Waals surface area (Å²) in [5.41, 5.74) is 0.478. The predicted molar refractivity (Wildman–Crippen MR) is 60.3 cm³/mol. The van der Waals surface area contributed by atoms with E-state index in [1.54, 1.807) is 12.1 Å². The SMILES string of the molecule is CC1CCCC(Cc2cccc(F)c2F)N1. The third kappa shape index (κ3) is 2.59. The standard InChI is InChI=1S/C13H17F2N/c1-9-4-2-6-11(16-9)8-10-5-3-7-12(14)13(10)15/h3,5,7,9,11,16H,2,4,6,8H2,1H3. The second-order valence-electron chi connectivity index (χ2n) is 4.61. The molecule has 1 N–H and O–H groups in total. The van der Waals surface area contributed by atoms with Crippen LogP contribution in [0.15, 0.2) is 18.2 Å². The zero-order valence-corrected chi connectivity index (χ0v) is 9.47. The lowest BCUT2D eigenvalue weighted by atomic mass is 9.94. The highest BCUT2D eigenvalue weighted by Crippen LogP contribution is 2.19. The molecule has 1 aliphatic rings. The zero-order valence-electron chi connectivity index (χ0n) is 9.47. The summed E-state index contributed by atoms with van der Waals surface area (Å²) < 4.78 is 26.5. The van der Waals surface area contributed by atoms with Crippen molar-refractivity contribution in [3.63, 3.8) is 0 Å². The molecular formula is C13H17F2N. The van der Waals surface area contributed by atoms with Crippen LogP contribution >= 0.6 is 0 Å². The van der Waals surface area contributed by atoms with Gasteiger partial charge in [0, 0.05) is 12.1 Å². The molecule has 1 aromatic rings. The summed E-state index contributed by atoms with van der Waals surface area (Å²) in [5.74, 6) is -1.44. The molecule has 2 unspecified atom stereocenters. The maximum Gasteiger partial charge on any atom is 0.162 e. The summed E-state index contributed by atoms with van der Waals surface area (Å²) in [6, 6.07) is 5.16. The maximum absolute atomic E-state index is 13.5. The Kier molecular flexibility index (Phi) is 3.54. The molecule has 1 nitrogen and oxygen atoms in total. The number of benzene rings is 1. The minimum Gasteiger partial charge on any atom is -0.311 e. The topological polar surface area (TPSA) is 12.0 Å². The molecule has 1 saturated heterocycles. The van der Waals surface area contributed by atoms with Crippen molar-refractivity contribution >= 4 is 0 Å². The molecule has 0 aromatic heterocycles. The van der Waals surface area contributed by atoms with Crippen molar-refractivity contribution in [2.75, 3.05) is 0 Å². The summed E-state index contributed by atoms with van der Waals surface area (Å²) >= 11 is 0. The van der Waals surface area contributed by atoms with Gasteiger partial charge in [0.2, 0.25) is 0 Å². The van der Waals surface area contributed by atoms with Crippen molar-refractivity contribution in [2.24, 2.45) is 0 Å². The lowest BCUT2D eigenvalue weighted by Gasteiger charge is -2.28. The molecule has 3 heteroatoms. The van der Waals surface area contributed by atoms with Crippen LogP contribution in [0.3, 0.4) is 0 Å². The van der Waals surface area contributed by atoms with Crippen LogP contribution in [0.4, 0.5) is 8.78 Å². The molecule has 0 bridgehead atoms.